The molecular formula is C16H17N3O2S2. The molecule has 0 radical (unpaired) electrons. The van der Waals surface area contributed by atoms with E-state index in [0.29, 0.717) is 18.1 Å². The van der Waals surface area contributed by atoms with Gasteiger partial charge in [0.2, 0.25) is 5.91 Å². The van der Waals surface area contributed by atoms with Gasteiger partial charge < -0.3 is 16.2 Å². The van der Waals surface area contributed by atoms with Crippen LogP contribution in [0.25, 0.3) is 0 Å². The molecule has 0 fully saturated rings. The summed E-state index contributed by atoms with van der Waals surface area (Å²) < 4.78 is 0. The fourth-order valence-corrected chi connectivity index (χ4v) is 4.38. The van der Waals surface area contributed by atoms with E-state index in [0.717, 1.165) is 20.3 Å². The lowest BCUT2D eigenvalue weighted by Gasteiger charge is -2.10. The predicted octanol–water partition coefficient (Wildman–Crippen LogP) is 2.06. The van der Waals surface area contributed by atoms with Crippen molar-refractivity contribution in [3.05, 3.63) is 32.5 Å². The highest BCUT2D eigenvalue weighted by Crippen LogP contribution is 2.39. The van der Waals surface area contributed by atoms with Crippen LogP contribution in [0.5, 0.6) is 0 Å². The van der Waals surface area contributed by atoms with E-state index >= 15 is 0 Å². The number of aromatic nitrogens is 1. The molecule has 0 aromatic carbocycles. The van der Waals surface area contributed by atoms with E-state index in [1.165, 1.54) is 22.7 Å². The molecule has 0 saturated carbocycles. The summed E-state index contributed by atoms with van der Waals surface area (Å²) in [7, 11) is 0. The molecule has 0 unspecified atom stereocenters. The van der Waals surface area contributed by atoms with Crippen LogP contribution in [0.3, 0.4) is 0 Å². The second-order valence-electron chi connectivity index (χ2n) is 5.91. The number of hydrogen-bond donors (Lipinski definition) is 3. The minimum Gasteiger partial charge on any atom is -0.378 e. The first kappa shape index (κ1) is 16.0. The Kier molecular flexibility index (Phi) is 4.15. The lowest BCUT2D eigenvalue weighted by Crippen LogP contribution is -2.21. The third kappa shape index (κ3) is 3.72. The number of nitrogens with two attached hydrogens (primary N) is 1. The van der Waals surface area contributed by atoms with Crippen molar-refractivity contribution in [2.75, 3.05) is 5.73 Å². The molecular weight excluding hydrogens is 330 g/mol. The van der Waals surface area contributed by atoms with E-state index < -0.39 is 5.60 Å². The second-order valence-corrected chi connectivity index (χ2v) is 8.09. The van der Waals surface area contributed by atoms with Gasteiger partial charge in [0.05, 0.1) is 17.1 Å². The number of carbonyl (C=O) groups excluding carboxylic acids is 1. The average molecular weight is 347 g/mol. The highest BCUT2D eigenvalue weighted by atomic mass is 32.1. The molecule has 3 heterocycles. The standard InChI is InChI=1S/C16H17N3O2S2/c1-16(2,21)6-5-9-3-4-12(22-9)10-7-13(20)18-8-11-14(10)23-15(17)19-11/h3-4,10,21H,7-8H2,1-2H3,(H2,17,19)(H,18,20)/t10-/m1/s1. The normalized spacial score (nSPS) is 17.7. The fraction of sp³-hybridized carbons (Fsp3) is 0.375. The van der Waals surface area contributed by atoms with Crippen molar-refractivity contribution >= 4 is 33.7 Å². The number of nitrogens with one attached hydrogen (secondary N) is 1. The Hall–Kier alpha value is -1.88. The van der Waals surface area contributed by atoms with Gasteiger partial charge in [-0.25, -0.2) is 4.98 Å². The predicted molar refractivity (Wildman–Crippen MR) is 92.3 cm³/mol. The molecule has 5 nitrogen and oxygen atoms in total. The van der Waals surface area contributed by atoms with E-state index in [9.17, 15) is 9.90 Å². The number of carbonyl (C=O) groups is 1. The summed E-state index contributed by atoms with van der Waals surface area (Å²) in [4.78, 5) is 19.3. The van der Waals surface area contributed by atoms with Crippen LogP contribution in [0.4, 0.5) is 5.13 Å². The summed E-state index contributed by atoms with van der Waals surface area (Å²) in [5.74, 6) is 5.76. The summed E-state index contributed by atoms with van der Waals surface area (Å²) in [5, 5.41) is 13.1. The van der Waals surface area contributed by atoms with E-state index in [4.69, 9.17) is 5.73 Å². The molecule has 2 aromatic rings. The molecule has 1 atom stereocenters. The second kappa shape index (κ2) is 5.96. The Morgan fingerprint density at radius 3 is 2.96 bits per heavy atom. The van der Waals surface area contributed by atoms with Gasteiger partial charge in [-0.3, -0.25) is 4.79 Å². The van der Waals surface area contributed by atoms with Gasteiger partial charge >= 0.3 is 0 Å². The summed E-state index contributed by atoms with van der Waals surface area (Å²) >= 11 is 2.98. The molecule has 1 amide bonds. The van der Waals surface area contributed by atoms with Gasteiger partial charge in [0.15, 0.2) is 5.13 Å². The molecule has 0 spiro atoms. The molecule has 2 aromatic heterocycles. The highest BCUT2D eigenvalue weighted by Gasteiger charge is 2.28. The molecule has 0 saturated heterocycles. The third-order valence-electron chi connectivity index (χ3n) is 3.36. The van der Waals surface area contributed by atoms with Crippen molar-refractivity contribution in [2.45, 2.75) is 38.3 Å². The van der Waals surface area contributed by atoms with Gasteiger partial charge in [-0.05, 0) is 26.0 Å². The Labute approximate surface area is 142 Å². The first-order valence-electron chi connectivity index (χ1n) is 7.19. The SMILES string of the molecule is CC(C)(O)C#Cc1ccc([C@H]2CC(=O)NCc3nc(N)sc32)s1. The van der Waals surface area contributed by atoms with Crippen molar-refractivity contribution in [1.29, 1.82) is 0 Å². The van der Waals surface area contributed by atoms with Crippen LogP contribution in [-0.2, 0) is 11.3 Å². The molecule has 4 N–H and O–H groups in total. The number of nitrogen functional groups attached to an aromatic ring is 1. The smallest absolute Gasteiger partial charge is 0.221 e. The lowest BCUT2D eigenvalue weighted by atomic mass is 10.0. The third-order valence-corrected chi connectivity index (χ3v) is 5.52. The zero-order valence-electron chi connectivity index (χ0n) is 12.8. The maximum Gasteiger partial charge on any atom is 0.221 e. The summed E-state index contributed by atoms with van der Waals surface area (Å²) in [6, 6.07) is 3.91. The topological polar surface area (TPSA) is 88.2 Å². The molecule has 3 rings (SSSR count). The first-order chi connectivity index (χ1) is 10.8. The van der Waals surface area contributed by atoms with Crippen LogP contribution < -0.4 is 11.1 Å². The number of nitrogens with zero attached hydrogens (tertiary/aromatic N) is 1. The Morgan fingerprint density at radius 1 is 1.43 bits per heavy atom. The number of hydrogen-bond acceptors (Lipinski definition) is 6. The average Bonchev–Trinajstić information content (AvgIpc) is 3.03. The van der Waals surface area contributed by atoms with E-state index in [1.807, 2.05) is 12.1 Å². The molecule has 7 heteroatoms. The van der Waals surface area contributed by atoms with E-state index in [2.05, 4.69) is 22.1 Å². The molecule has 23 heavy (non-hydrogen) atoms. The number of aliphatic hydroxyl groups is 1. The number of fused-ring (bicyclic) bond motifs is 1. The van der Waals surface area contributed by atoms with Crippen LogP contribution in [0.1, 0.15) is 46.5 Å². The van der Waals surface area contributed by atoms with Crippen LogP contribution in [-0.4, -0.2) is 21.6 Å². The lowest BCUT2D eigenvalue weighted by molar-refractivity contribution is -0.121. The quantitative estimate of drug-likeness (QED) is 0.689. The zero-order valence-corrected chi connectivity index (χ0v) is 14.5. The maximum atomic E-state index is 12.0. The Bertz CT molecular complexity index is 805. The van der Waals surface area contributed by atoms with Crippen LogP contribution in [0, 0.1) is 11.8 Å². The maximum absolute atomic E-state index is 12.0. The van der Waals surface area contributed by atoms with Crippen molar-refractivity contribution in [3.8, 4) is 11.8 Å². The first-order valence-corrected chi connectivity index (χ1v) is 8.82. The fourth-order valence-electron chi connectivity index (χ4n) is 2.37. The van der Waals surface area contributed by atoms with Crippen molar-refractivity contribution in [2.24, 2.45) is 0 Å². The van der Waals surface area contributed by atoms with E-state index in [1.54, 1.807) is 13.8 Å². The van der Waals surface area contributed by atoms with Gasteiger partial charge in [0, 0.05) is 22.1 Å². The van der Waals surface area contributed by atoms with Gasteiger partial charge in [0.25, 0.3) is 0 Å². The molecule has 1 aliphatic rings. The minimum absolute atomic E-state index is 0.0105. The Morgan fingerprint density at radius 2 is 2.22 bits per heavy atom. The summed E-state index contributed by atoms with van der Waals surface area (Å²) in [5.41, 5.74) is 5.66. The van der Waals surface area contributed by atoms with Crippen molar-refractivity contribution in [1.82, 2.24) is 10.3 Å². The van der Waals surface area contributed by atoms with Gasteiger partial charge in [-0.2, -0.15) is 0 Å². The van der Waals surface area contributed by atoms with Gasteiger partial charge in [0.1, 0.15) is 5.60 Å². The largest absolute Gasteiger partial charge is 0.378 e. The number of thiazole rings is 1. The molecule has 1 aliphatic heterocycles. The summed E-state index contributed by atoms with van der Waals surface area (Å²) in [6.45, 7) is 3.72. The molecule has 0 bridgehead atoms. The van der Waals surface area contributed by atoms with Gasteiger partial charge in [-0.15, -0.1) is 22.7 Å². The van der Waals surface area contributed by atoms with E-state index in [-0.39, 0.29) is 11.8 Å². The number of amides is 1. The van der Waals surface area contributed by atoms with Crippen LogP contribution >= 0.6 is 22.7 Å². The van der Waals surface area contributed by atoms with Crippen LogP contribution in [0.15, 0.2) is 12.1 Å². The van der Waals surface area contributed by atoms with Crippen molar-refractivity contribution in [3.63, 3.8) is 0 Å². The zero-order chi connectivity index (χ0) is 16.6. The highest BCUT2D eigenvalue weighted by molar-refractivity contribution is 7.16. The van der Waals surface area contributed by atoms with Gasteiger partial charge in [-0.1, -0.05) is 11.8 Å². The minimum atomic E-state index is -1.02. The number of thiophene rings is 1. The molecule has 0 aliphatic carbocycles. The van der Waals surface area contributed by atoms with Crippen LogP contribution in [0.2, 0.25) is 0 Å². The number of anilines is 1. The number of rotatable bonds is 1. The monoisotopic (exact) mass is 347 g/mol. The molecule has 120 valence electrons. The summed E-state index contributed by atoms with van der Waals surface area (Å²) in [6.07, 6.45) is 0.382. The Balaban J connectivity index is 1.95. The van der Waals surface area contributed by atoms with Crippen molar-refractivity contribution < 1.29 is 9.90 Å².